The number of hydrogen-bond donors (Lipinski definition) is 0. The zero-order valence-electron chi connectivity index (χ0n) is 10.0. The van der Waals surface area contributed by atoms with Gasteiger partial charge in [-0.15, -0.1) is 0 Å². The molecule has 1 aliphatic heterocycles. The van der Waals surface area contributed by atoms with Gasteiger partial charge in [-0.1, -0.05) is 35.5 Å². The molecule has 0 N–H and O–H groups in total. The van der Waals surface area contributed by atoms with E-state index < -0.39 is 0 Å². The van der Waals surface area contributed by atoms with Crippen LogP contribution in [-0.2, 0) is 4.79 Å². The fraction of sp³-hybridized carbons (Fsp3) is 0.214. The van der Waals surface area contributed by atoms with Crippen molar-refractivity contribution in [3.05, 3.63) is 53.7 Å². The van der Waals surface area contributed by atoms with Gasteiger partial charge in [0, 0.05) is 16.1 Å². The Bertz CT molecular complexity index is 481. The van der Waals surface area contributed by atoms with Crippen LogP contribution >= 0.6 is 23.4 Å². The number of ketones is 1. The van der Waals surface area contributed by atoms with Crippen molar-refractivity contribution in [3.8, 4) is 0 Å². The number of carbonyl (C=O) groups is 1. The molecule has 0 amide bonds. The summed E-state index contributed by atoms with van der Waals surface area (Å²) >= 11 is 7.56. The molecule has 0 bridgehead atoms. The van der Waals surface area contributed by atoms with Crippen LogP contribution in [0.5, 0.6) is 0 Å². The standard InChI is InChI=1S/C14H14ClNOS/c1-11(17)10-16-9-3-2-4-14(16)18-13-7-5-12(15)6-8-13/h2-9,14H,10H2,1H3. The monoisotopic (exact) mass is 279 g/mol. The lowest BCUT2D eigenvalue weighted by atomic mass is 10.3. The largest absolute Gasteiger partial charge is 0.355 e. The first-order valence-electron chi connectivity index (χ1n) is 5.67. The smallest absolute Gasteiger partial charge is 0.149 e. The topological polar surface area (TPSA) is 20.3 Å². The van der Waals surface area contributed by atoms with E-state index in [4.69, 9.17) is 11.6 Å². The molecular weight excluding hydrogens is 266 g/mol. The second kappa shape index (κ2) is 6.12. The van der Waals surface area contributed by atoms with E-state index in [0.717, 1.165) is 9.92 Å². The van der Waals surface area contributed by atoms with Crippen LogP contribution in [0.2, 0.25) is 5.02 Å². The van der Waals surface area contributed by atoms with Crippen LogP contribution in [0.25, 0.3) is 0 Å². The third kappa shape index (κ3) is 3.65. The summed E-state index contributed by atoms with van der Waals surface area (Å²) < 4.78 is 0. The lowest BCUT2D eigenvalue weighted by Crippen LogP contribution is -2.31. The predicted molar refractivity (Wildman–Crippen MR) is 76.8 cm³/mol. The number of carbonyl (C=O) groups excluding carboxylic acids is 1. The van der Waals surface area contributed by atoms with Crippen LogP contribution in [0, 0.1) is 0 Å². The highest BCUT2D eigenvalue weighted by Crippen LogP contribution is 2.29. The van der Waals surface area contributed by atoms with E-state index in [-0.39, 0.29) is 11.2 Å². The summed E-state index contributed by atoms with van der Waals surface area (Å²) in [4.78, 5) is 14.4. The number of halogens is 1. The molecule has 0 aromatic heterocycles. The number of Topliss-reactive ketones (excluding diaryl/α,β-unsaturated/α-hetero) is 1. The Morgan fingerprint density at radius 2 is 2.06 bits per heavy atom. The minimum atomic E-state index is 0.153. The number of benzene rings is 1. The minimum absolute atomic E-state index is 0.153. The molecule has 1 aromatic carbocycles. The Balaban J connectivity index is 2.06. The van der Waals surface area contributed by atoms with E-state index in [1.807, 2.05) is 47.5 Å². The average molecular weight is 280 g/mol. The number of thioether (sulfide) groups is 1. The Hall–Kier alpha value is -1.19. The highest BCUT2D eigenvalue weighted by Gasteiger charge is 2.16. The van der Waals surface area contributed by atoms with Gasteiger partial charge in [-0.3, -0.25) is 4.79 Å². The molecule has 0 saturated carbocycles. The maximum absolute atomic E-state index is 11.2. The highest BCUT2D eigenvalue weighted by molar-refractivity contribution is 8.00. The summed E-state index contributed by atoms with van der Waals surface area (Å²) in [6, 6.07) is 7.74. The Morgan fingerprint density at radius 3 is 2.72 bits per heavy atom. The second-order valence-electron chi connectivity index (χ2n) is 4.06. The third-order valence-corrected chi connectivity index (χ3v) is 3.93. The molecular formula is C14H14ClNOS. The lowest BCUT2D eigenvalue weighted by Gasteiger charge is -2.28. The summed E-state index contributed by atoms with van der Waals surface area (Å²) in [6.07, 6.45) is 7.99. The van der Waals surface area contributed by atoms with Gasteiger partial charge in [-0.2, -0.15) is 0 Å². The van der Waals surface area contributed by atoms with Gasteiger partial charge in [0.05, 0.1) is 11.9 Å². The minimum Gasteiger partial charge on any atom is -0.355 e. The fourth-order valence-corrected chi connectivity index (χ4v) is 2.82. The summed E-state index contributed by atoms with van der Waals surface area (Å²) in [7, 11) is 0. The van der Waals surface area contributed by atoms with Crippen LogP contribution in [0.4, 0.5) is 0 Å². The maximum atomic E-state index is 11.2. The van der Waals surface area contributed by atoms with Crippen LogP contribution in [0.3, 0.4) is 0 Å². The molecule has 94 valence electrons. The molecule has 0 spiro atoms. The van der Waals surface area contributed by atoms with Gasteiger partial charge in [0.25, 0.3) is 0 Å². The van der Waals surface area contributed by atoms with Gasteiger partial charge in [-0.05, 0) is 37.3 Å². The van der Waals surface area contributed by atoms with Gasteiger partial charge in [0.2, 0.25) is 0 Å². The molecule has 1 atom stereocenters. The van der Waals surface area contributed by atoms with Crippen LogP contribution in [0.15, 0.2) is 53.6 Å². The van der Waals surface area contributed by atoms with Gasteiger partial charge in [-0.25, -0.2) is 0 Å². The number of nitrogens with zero attached hydrogens (tertiary/aromatic N) is 1. The average Bonchev–Trinajstić information content (AvgIpc) is 2.34. The number of rotatable bonds is 4. The first kappa shape index (κ1) is 13.2. The maximum Gasteiger partial charge on any atom is 0.149 e. The summed E-state index contributed by atoms with van der Waals surface area (Å²) in [5.74, 6) is 0.164. The fourth-order valence-electron chi connectivity index (χ4n) is 1.67. The van der Waals surface area contributed by atoms with E-state index in [1.54, 1.807) is 18.7 Å². The molecule has 1 heterocycles. The van der Waals surface area contributed by atoms with Gasteiger partial charge < -0.3 is 4.90 Å². The number of hydrogen-bond acceptors (Lipinski definition) is 3. The summed E-state index contributed by atoms with van der Waals surface area (Å²) in [6.45, 7) is 2.04. The quantitative estimate of drug-likeness (QED) is 0.838. The lowest BCUT2D eigenvalue weighted by molar-refractivity contribution is -0.117. The van der Waals surface area contributed by atoms with Crippen molar-refractivity contribution in [1.29, 1.82) is 0 Å². The SMILES string of the molecule is CC(=O)CN1C=CC=CC1Sc1ccc(Cl)cc1. The Morgan fingerprint density at radius 1 is 1.33 bits per heavy atom. The van der Waals surface area contributed by atoms with E-state index in [0.29, 0.717) is 6.54 Å². The zero-order chi connectivity index (χ0) is 13.0. The van der Waals surface area contributed by atoms with Crippen molar-refractivity contribution in [3.63, 3.8) is 0 Å². The van der Waals surface area contributed by atoms with Gasteiger partial charge in [0.1, 0.15) is 5.78 Å². The van der Waals surface area contributed by atoms with Crippen molar-refractivity contribution in [1.82, 2.24) is 4.90 Å². The van der Waals surface area contributed by atoms with Crippen molar-refractivity contribution < 1.29 is 4.79 Å². The molecule has 18 heavy (non-hydrogen) atoms. The molecule has 4 heteroatoms. The van der Waals surface area contributed by atoms with E-state index in [1.165, 1.54) is 0 Å². The van der Waals surface area contributed by atoms with Gasteiger partial charge in [0.15, 0.2) is 0 Å². The first-order chi connectivity index (χ1) is 8.65. The molecule has 0 radical (unpaired) electrons. The van der Waals surface area contributed by atoms with Crippen molar-refractivity contribution in [2.75, 3.05) is 6.54 Å². The van der Waals surface area contributed by atoms with E-state index in [2.05, 4.69) is 6.08 Å². The van der Waals surface area contributed by atoms with Crippen molar-refractivity contribution in [2.24, 2.45) is 0 Å². The summed E-state index contributed by atoms with van der Waals surface area (Å²) in [5.41, 5.74) is 0. The number of allylic oxidation sites excluding steroid dienone is 2. The van der Waals surface area contributed by atoms with Crippen LogP contribution in [0.1, 0.15) is 6.92 Å². The highest BCUT2D eigenvalue weighted by atomic mass is 35.5. The molecule has 1 aromatic rings. The molecule has 2 rings (SSSR count). The second-order valence-corrected chi connectivity index (χ2v) is 5.69. The molecule has 1 unspecified atom stereocenters. The first-order valence-corrected chi connectivity index (χ1v) is 6.93. The molecule has 1 aliphatic rings. The Kier molecular flexibility index (Phi) is 4.50. The Labute approximate surface area is 116 Å². The molecule has 0 saturated heterocycles. The molecule has 2 nitrogen and oxygen atoms in total. The van der Waals surface area contributed by atoms with Crippen LogP contribution in [-0.4, -0.2) is 22.6 Å². The third-order valence-electron chi connectivity index (χ3n) is 2.47. The predicted octanol–water partition coefficient (Wildman–Crippen LogP) is 3.73. The zero-order valence-corrected chi connectivity index (χ0v) is 11.6. The van der Waals surface area contributed by atoms with Crippen molar-refractivity contribution in [2.45, 2.75) is 17.2 Å². The van der Waals surface area contributed by atoms with E-state index in [9.17, 15) is 4.79 Å². The molecule has 0 fully saturated rings. The van der Waals surface area contributed by atoms with Gasteiger partial charge >= 0.3 is 0 Å². The van der Waals surface area contributed by atoms with Crippen molar-refractivity contribution >= 4 is 29.1 Å². The normalized spacial score (nSPS) is 18.1. The van der Waals surface area contributed by atoms with Crippen LogP contribution < -0.4 is 0 Å². The summed E-state index contributed by atoms with van der Waals surface area (Å²) in [5, 5.41) is 0.888. The van der Waals surface area contributed by atoms with E-state index >= 15 is 0 Å². The molecule has 0 aliphatic carbocycles.